The van der Waals surface area contributed by atoms with Crippen LogP contribution in [0.15, 0.2) is 35.3 Å². The summed E-state index contributed by atoms with van der Waals surface area (Å²) in [5.74, 6) is 1.43. The van der Waals surface area contributed by atoms with E-state index in [1.165, 1.54) is 12.0 Å². The zero-order valence-corrected chi connectivity index (χ0v) is 20.8. The van der Waals surface area contributed by atoms with Crippen LogP contribution in [0, 0.1) is 0 Å². The number of anilines is 2. The first-order chi connectivity index (χ1) is 16.9. The van der Waals surface area contributed by atoms with Crippen LogP contribution in [0.2, 0.25) is 0 Å². The third kappa shape index (κ3) is 4.97. The number of aromatic nitrogens is 3. The molecule has 9 heteroatoms. The number of ether oxygens (including phenoxy) is 1. The number of nitrogens with two attached hydrogens (primary N) is 1. The molecule has 3 fully saturated rings. The molecule has 3 aliphatic heterocycles. The average Bonchev–Trinajstić information content (AvgIpc) is 2.81. The SMILES string of the molecule is CCCC(C)Nc1nc(N)nc2ccn(Cc3ccc(CN4CC5CC(C4)N5)cc3OC)c(=O)c12. The standard InChI is InChI=1S/C26H35N7O2/c1-4-5-16(2)28-24-23-21(30-26(27)31-24)8-9-33(25(23)34)13-18-7-6-17(10-22(18)35-3)12-32-14-19-11-20(15-32)29-19/h6-10,16,19-20,29H,4-5,11-15H2,1-3H3,(H3,27,28,30,31). The zero-order chi connectivity index (χ0) is 24.5. The van der Waals surface area contributed by atoms with Crippen molar-refractivity contribution in [1.82, 2.24) is 24.8 Å². The molecule has 3 aromatic rings. The van der Waals surface area contributed by atoms with E-state index >= 15 is 0 Å². The number of benzene rings is 1. The minimum atomic E-state index is -0.153. The molecule has 0 aliphatic carbocycles. The summed E-state index contributed by atoms with van der Waals surface area (Å²) in [6.07, 6.45) is 5.05. The molecular formula is C26H35N7O2. The Bertz CT molecular complexity index is 1260. The van der Waals surface area contributed by atoms with Crippen LogP contribution < -0.4 is 26.7 Å². The zero-order valence-electron chi connectivity index (χ0n) is 20.8. The molecule has 0 spiro atoms. The molecule has 3 aliphatic rings. The third-order valence-corrected chi connectivity index (χ3v) is 7.04. The fourth-order valence-corrected chi connectivity index (χ4v) is 5.36. The van der Waals surface area contributed by atoms with Crippen LogP contribution >= 0.6 is 0 Å². The van der Waals surface area contributed by atoms with Crippen LogP contribution in [0.25, 0.3) is 10.9 Å². The van der Waals surface area contributed by atoms with E-state index in [4.69, 9.17) is 10.5 Å². The summed E-state index contributed by atoms with van der Waals surface area (Å²) in [5, 5.41) is 7.39. The molecule has 0 saturated carbocycles. The largest absolute Gasteiger partial charge is 0.496 e. The van der Waals surface area contributed by atoms with Gasteiger partial charge in [0.25, 0.3) is 5.56 Å². The lowest BCUT2D eigenvalue weighted by molar-refractivity contribution is 0.0725. The summed E-state index contributed by atoms with van der Waals surface area (Å²) < 4.78 is 7.40. The van der Waals surface area contributed by atoms with Gasteiger partial charge in [-0.25, -0.2) is 4.98 Å². The maximum absolute atomic E-state index is 13.5. The number of rotatable bonds is 9. The molecule has 35 heavy (non-hydrogen) atoms. The first kappa shape index (κ1) is 23.6. The Balaban J connectivity index is 1.41. The molecule has 2 bridgehead atoms. The van der Waals surface area contributed by atoms with E-state index < -0.39 is 0 Å². The Hall–Kier alpha value is -3.17. The Labute approximate surface area is 205 Å². The number of nitrogens with zero attached hydrogens (tertiary/aromatic N) is 4. The molecule has 1 aromatic carbocycles. The topological polar surface area (TPSA) is 110 Å². The van der Waals surface area contributed by atoms with Gasteiger partial charge in [-0.15, -0.1) is 0 Å². The molecule has 3 atom stereocenters. The molecule has 186 valence electrons. The van der Waals surface area contributed by atoms with Crippen molar-refractivity contribution in [2.45, 2.75) is 64.3 Å². The highest BCUT2D eigenvalue weighted by Gasteiger charge is 2.36. The van der Waals surface area contributed by atoms with Gasteiger partial charge in [0, 0.05) is 49.5 Å². The van der Waals surface area contributed by atoms with Gasteiger partial charge in [-0.2, -0.15) is 4.98 Å². The van der Waals surface area contributed by atoms with Crippen molar-refractivity contribution in [2.75, 3.05) is 31.2 Å². The van der Waals surface area contributed by atoms with Crippen molar-refractivity contribution < 1.29 is 4.74 Å². The fraction of sp³-hybridized carbons (Fsp3) is 0.500. The van der Waals surface area contributed by atoms with Gasteiger partial charge in [0.05, 0.1) is 19.2 Å². The van der Waals surface area contributed by atoms with E-state index in [-0.39, 0.29) is 17.5 Å². The monoisotopic (exact) mass is 477 g/mol. The van der Waals surface area contributed by atoms with E-state index in [9.17, 15) is 4.79 Å². The molecule has 5 heterocycles. The number of hydrogen-bond acceptors (Lipinski definition) is 8. The van der Waals surface area contributed by atoms with Gasteiger partial charge >= 0.3 is 0 Å². The number of nitrogens with one attached hydrogen (secondary N) is 2. The smallest absolute Gasteiger partial charge is 0.264 e. The molecule has 0 amide bonds. The highest BCUT2D eigenvalue weighted by Crippen LogP contribution is 2.26. The minimum absolute atomic E-state index is 0.153. The number of fused-ring (bicyclic) bond motifs is 3. The maximum Gasteiger partial charge on any atom is 0.264 e. The Kier molecular flexibility index (Phi) is 6.62. The molecule has 3 saturated heterocycles. The lowest BCUT2D eigenvalue weighted by Crippen LogP contribution is -2.66. The Morgan fingerprint density at radius 2 is 2.00 bits per heavy atom. The van der Waals surface area contributed by atoms with Gasteiger partial charge in [-0.3, -0.25) is 9.69 Å². The van der Waals surface area contributed by atoms with Gasteiger partial charge in [0.1, 0.15) is 17.0 Å². The maximum atomic E-state index is 13.5. The number of methoxy groups -OCH3 is 1. The highest BCUT2D eigenvalue weighted by atomic mass is 16.5. The van der Waals surface area contributed by atoms with Crippen molar-refractivity contribution in [1.29, 1.82) is 0 Å². The number of pyridine rings is 1. The predicted octanol–water partition coefficient (Wildman–Crippen LogP) is 2.58. The van der Waals surface area contributed by atoms with E-state index in [0.29, 0.717) is 35.3 Å². The van der Waals surface area contributed by atoms with Crippen LogP contribution in [-0.4, -0.2) is 57.8 Å². The molecule has 0 radical (unpaired) electrons. The summed E-state index contributed by atoms with van der Waals surface area (Å²) in [6.45, 7) is 7.68. The van der Waals surface area contributed by atoms with E-state index in [1.807, 2.05) is 6.07 Å². The first-order valence-corrected chi connectivity index (χ1v) is 12.5. The van der Waals surface area contributed by atoms with Crippen molar-refractivity contribution >= 4 is 22.7 Å². The lowest BCUT2D eigenvalue weighted by atomic mass is 9.91. The van der Waals surface area contributed by atoms with Crippen molar-refractivity contribution in [2.24, 2.45) is 0 Å². The number of piperidine rings is 1. The van der Waals surface area contributed by atoms with E-state index in [1.54, 1.807) is 17.9 Å². The first-order valence-electron chi connectivity index (χ1n) is 12.5. The number of hydrogen-bond donors (Lipinski definition) is 3. The van der Waals surface area contributed by atoms with Gasteiger partial charge in [-0.1, -0.05) is 25.5 Å². The summed E-state index contributed by atoms with van der Waals surface area (Å²) in [4.78, 5) is 24.7. The Morgan fingerprint density at radius 3 is 2.71 bits per heavy atom. The van der Waals surface area contributed by atoms with E-state index in [2.05, 4.69) is 57.5 Å². The molecular weight excluding hydrogens is 442 g/mol. The minimum Gasteiger partial charge on any atom is -0.496 e. The normalized spacial score (nSPS) is 20.4. The van der Waals surface area contributed by atoms with Crippen molar-refractivity contribution in [3.05, 3.63) is 51.9 Å². The predicted molar refractivity (Wildman–Crippen MR) is 139 cm³/mol. The van der Waals surface area contributed by atoms with E-state index in [0.717, 1.165) is 43.8 Å². The van der Waals surface area contributed by atoms with Gasteiger partial charge in [0.2, 0.25) is 5.95 Å². The van der Waals surface area contributed by atoms with Gasteiger partial charge in [-0.05, 0) is 37.5 Å². The number of piperazine rings is 1. The summed E-state index contributed by atoms with van der Waals surface area (Å²) >= 11 is 0. The number of nitrogen functional groups attached to an aromatic ring is 1. The average molecular weight is 478 g/mol. The Morgan fingerprint density at radius 1 is 1.23 bits per heavy atom. The van der Waals surface area contributed by atoms with Crippen LogP contribution in [0.5, 0.6) is 5.75 Å². The molecule has 9 nitrogen and oxygen atoms in total. The molecule has 6 rings (SSSR count). The fourth-order valence-electron chi connectivity index (χ4n) is 5.36. The summed E-state index contributed by atoms with van der Waals surface area (Å²) in [6, 6.07) is 9.56. The molecule has 3 unspecified atom stereocenters. The van der Waals surface area contributed by atoms with Crippen molar-refractivity contribution in [3.8, 4) is 5.75 Å². The van der Waals surface area contributed by atoms with Crippen LogP contribution in [-0.2, 0) is 13.1 Å². The van der Waals surface area contributed by atoms with Crippen LogP contribution in [0.4, 0.5) is 11.8 Å². The lowest BCUT2D eigenvalue weighted by Gasteiger charge is -2.48. The summed E-state index contributed by atoms with van der Waals surface area (Å²) in [5.41, 5.74) is 8.48. The second-order valence-electron chi connectivity index (χ2n) is 9.91. The second kappa shape index (κ2) is 9.83. The van der Waals surface area contributed by atoms with Gasteiger partial charge < -0.3 is 25.7 Å². The highest BCUT2D eigenvalue weighted by molar-refractivity contribution is 5.89. The van der Waals surface area contributed by atoms with Gasteiger partial charge in [0.15, 0.2) is 0 Å². The summed E-state index contributed by atoms with van der Waals surface area (Å²) in [7, 11) is 1.68. The van der Waals surface area contributed by atoms with Crippen LogP contribution in [0.1, 0.15) is 44.2 Å². The van der Waals surface area contributed by atoms with Crippen LogP contribution in [0.3, 0.4) is 0 Å². The van der Waals surface area contributed by atoms with Crippen molar-refractivity contribution in [3.63, 3.8) is 0 Å². The molecule has 4 N–H and O–H groups in total. The second-order valence-corrected chi connectivity index (χ2v) is 9.91. The quantitative estimate of drug-likeness (QED) is 0.431. The third-order valence-electron chi connectivity index (χ3n) is 7.04. The molecule has 2 aromatic heterocycles.